The molecule has 1 aliphatic rings. The van der Waals surface area contributed by atoms with Gasteiger partial charge in [-0.2, -0.15) is 0 Å². The van der Waals surface area contributed by atoms with Crippen molar-refractivity contribution in [1.82, 2.24) is 0 Å². The van der Waals surface area contributed by atoms with E-state index in [-0.39, 0.29) is 5.97 Å². The van der Waals surface area contributed by atoms with Crippen molar-refractivity contribution >= 4 is 39.5 Å². The van der Waals surface area contributed by atoms with Crippen molar-refractivity contribution in [3.63, 3.8) is 0 Å². The van der Waals surface area contributed by atoms with E-state index in [9.17, 15) is 9.59 Å². The van der Waals surface area contributed by atoms with Crippen LogP contribution in [0.5, 0.6) is 5.75 Å². The largest absolute Gasteiger partial charge is 0.495 e. The molecule has 1 heterocycles. The van der Waals surface area contributed by atoms with E-state index in [1.54, 1.807) is 20.1 Å². The maximum absolute atomic E-state index is 12.6. The molecule has 0 saturated heterocycles. The second kappa shape index (κ2) is 8.15. The summed E-state index contributed by atoms with van der Waals surface area (Å²) in [6.07, 6.45) is 3.94. The predicted molar refractivity (Wildman–Crippen MR) is 111 cm³/mol. The van der Waals surface area contributed by atoms with Gasteiger partial charge in [0.25, 0.3) is 5.91 Å². The van der Waals surface area contributed by atoms with Gasteiger partial charge in [0.1, 0.15) is 16.9 Å². The van der Waals surface area contributed by atoms with E-state index < -0.39 is 12.0 Å². The monoisotopic (exact) mass is 395 g/mol. The number of carbonyl (C=O) groups excluding carboxylic acids is 2. The number of hydrogen-bond acceptors (Lipinski definition) is 5. The summed E-state index contributed by atoms with van der Waals surface area (Å²) in [4.78, 5) is 24.7. The number of methoxy groups -OCH3 is 1. The molecule has 1 atom stereocenters. The minimum atomic E-state index is -0.889. The van der Waals surface area contributed by atoms with Gasteiger partial charge in [-0.1, -0.05) is 31.0 Å². The Bertz CT molecular complexity index is 1050. The van der Waals surface area contributed by atoms with Crippen LogP contribution in [0.1, 0.15) is 39.0 Å². The summed E-state index contributed by atoms with van der Waals surface area (Å²) in [5.74, 6) is 0.174. The average molecular weight is 395 g/mol. The third kappa shape index (κ3) is 4.06. The number of benzene rings is 2. The Hall–Kier alpha value is -3.02. The van der Waals surface area contributed by atoms with Gasteiger partial charge in [0.2, 0.25) is 0 Å². The van der Waals surface area contributed by atoms with Gasteiger partial charge in [-0.15, -0.1) is 0 Å². The number of furan rings is 1. The van der Waals surface area contributed by atoms with E-state index in [0.717, 1.165) is 42.0 Å². The highest BCUT2D eigenvalue weighted by Crippen LogP contribution is 2.36. The van der Waals surface area contributed by atoms with E-state index >= 15 is 0 Å². The number of amides is 1. The first-order valence-electron chi connectivity index (χ1n) is 10.0. The van der Waals surface area contributed by atoms with Crippen LogP contribution in [0.25, 0.3) is 21.9 Å². The molecule has 1 aromatic heterocycles. The summed E-state index contributed by atoms with van der Waals surface area (Å²) >= 11 is 0. The Morgan fingerprint density at radius 1 is 1.14 bits per heavy atom. The van der Waals surface area contributed by atoms with Gasteiger partial charge in [0, 0.05) is 23.3 Å². The molecule has 1 N–H and O–H groups in total. The molecule has 0 radical (unpaired) electrons. The van der Waals surface area contributed by atoms with Gasteiger partial charge in [-0.3, -0.25) is 9.59 Å². The van der Waals surface area contributed by atoms with E-state index in [1.807, 2.05) is 30.3 Å². The first-order valence-corrected chi connectivity index (χ1v) is 10.0. The Morgan fingerprint density at radius 3 is 2.66 bits per heavy atom. The summed E-state index contributed by atoms with van der Waals surface area (Å²) < 4.78 is 16.7. The molecule has 152 valence electrons. The molecule has 0 aliphatic heterocycles. The average Bonchev–Trinajstić information content (AvgIpc) is 3.34. The summed E-state index contributed by atoms with van der Waals surface area (Å²) in [6.45, 7) is 1.58. The molecule has 6 nitrogen and oxygen atoms in total. The van der Waals surface area contributed by atoms with Gasteiger partial charge < -0.3 is 19.2 Å². The standard InChI is InChI=1S/C23H25NO5/c1-14(28-22(25)11-15-7-3-4-8-15)23(26)24-18-13-20-17(12-21(18)27-2)16-9-5-6-10-19(16)29-20/h5-6,9-10,12-15H,3-4,7-8,11H2,1-2H3,(H,24,26)/t14-/m0/s1. The molecule has 3 aromatic rings. The van der Waals surface area contributed by atoms with Crippen molar-refractivity contribution in [1.29, 1.82) is 0 Å². The smallest absolute Gasteiger partial charge is 0.306 e. The lowest BCUT2D eigenvalue weighted by molar-refractivity contribution is -0.154. The zero-order valence-corrected chi connectivity index (χ0v) is 16.7. The molecule has 0 spiro atoms. The van der Waals surface area contributed by atoms with E-state index in [1.165, 1.54) is 0 Å². The molecule has 6 heteroatoms. The van der Waals surface area contributed by atoms with Crippen LogP contribution in [0.2, 0.25) is 0 Å². The highest BCUT2D eigenvalue weighted by atomic mass is 16.5. The number of fused-ring (bicyclic) bond motifs is 3. The number of rotatable bonds is 6. The fourth-order valence-corrected chi connectivity index (χ4v) is 4.00. The molecule has 0 bridgehead atoms. The second-order valence-corrected chi connectivity index (χ2v) is 7.62. The number of esters is 1. The number of hydrogen-bond donors (Lipinski definition) is 1. The Kier molecular flexibility index (Phi) is 5.43. The lowest BCUT2D eigenvalue weighted by Gasteiger charge is -2.16. The quantitative estimate of drug-likeness (QED) is 0.591. The van der Waals surface area contributed by atoms with Gasteiger partial charge >= 0.3 is 5.97 Å². The van der Waals surface area contributed by atoms with E-state index in [4.69, 9.17) is 13.9 Å². The summed E-state index contributed by atoms with van der Waals surface area (Å²) in [7, 11) is 1.55. The van der Waals surface area contributed by atoms with Crippen molar-refractivity contribution in [2.24, 2.45) is 5.92 Å². The Labute approximate surface area is 169 Å². The van der Waals surface area contributed by atoms with Crippen molar-refractivity contribution in [3.8, 4) is 5.75 Å². The van der Waals surface area contributed by atoms with Crippen molar-refractivity contribution in [3.05, 3.63) is 36.4 Å². The number of anilines is 1. The van der Waals surface area contributed by atoms with Crippen LogP contribution in [-0.4, -0.2) is 25.1 Å². The van der Waals surface area contributed by atoms with Crippen LogP contribution in [0.15, 0.2) is 40.8 Å². The van der Waals surface area contributed by atoms with Crippen LogP contribution in [-0.2, 0) is 14.3 Å². The number of carbonyl (C=O) groups is 2. The first kappa shape index (κ1) is 19.3. The topological polar surface area (TPSA) is 77.8 Å². The molecular weight excluding hydrogens is 370 g/mol. The van der Waals surface area contributed by atoms with E-state index in [2.05, 4.69) is 5.32 Å². The van der Waals surface area contributed by atoms with Gasteiger partial charge in [0.15, 0.2) is 6.10 Å². The predicted octanol–water partition coefficient (Wildman–Crippen LogP) is 5.05. The molecule has 1 amide bonds. The summed E-state index contributed by atoms with van der Waals surface area (Å²) in [5.41, 5.74) is 1.89. The molecule has 1 aliphatic carbocycles. The minimum Gasteiger partial charge on any atom is -0.495 e. The SMILES string of the molecule is COc1cc2c(cc1NC(=O)[C@H](C)OC(=O)CC1CCCC1)oc1ccccc12. The lowest BCUT2D eigenvalue weighted by Crippen LogP contribution is -2.30. The fourth-order valence-electron chi connectivity index (χ4n) is 4.00. The zero-order chi connectivity index (χ0) is 20.4. The molecule has 0 unspecified atom stereocenters. The maximum atomic E-state index is 12.6. The lowest BCUT2D eigenvalue weighted by atomic mass is 10.0. The minimum absolute atomic E-state index is 0.320. The molecular formula is C23H25NO5. The van der Waals surface area contributed by atoms with Gasteiger partial charge in [-0.25, -0.2) is 0 Å². The molecule has 2 aromatic carbocycles. The highest BCUT2D eigenvalue weighted by molar-refractivity contribution is 6.08. The zero-order valence-electron chi connectivity index (χ0n) is 16.7. The Balaban J connectivity index is 1.49. The molecule has 29 heavy (non-hydrogen) atoms. The fraction of sp³-hybridized carbons (Fsp3) is 0.391. The molecule has 1 fully saturated rings. The van der Waals surface area contributed by atoms with Gasteiger partial charge in [-0.05, 0) is 37.8 Å². The first-order chi connectivity index (χ1) is 14.0. The third-order valence-corrected chi connectivity index (χ3v) is 5.56. The molecule has 4 rings (SSSR count). The maximum Gasteiger partial charge on any atom is 0.306 e. The number of nitrogens with one attached hydrogen (secondary N) is 1. The highest BCUT2D eigenvalue weighted by Gasteiger charge is 2.24. The second-order valence-electron chi connectivity index (χ2n) is 7.62. The van der Waals surface area contributed by atoms with Crippen LogP contribution in [0.4, 0.5) is 5.69 Å². The molecule has 1 saturated carbocycles. The normalized spacial score (nSPS) is 15.5. The van der Waals surface area contributed by atoms with Crippen LogP contribution < -0.4 is 10.1 Å². The van der Waals surface area contributed by atoms with Crippen molar-refractivity contribution < 1.29 is 23.5 Å². The van der Waals surface area contributed by atoms with Crippen LogP contribution in [0.3, 0.4) is 0 Å². The van der Waals surface area contributed by atoms with Crippen molar-refractivity contribution in [2.45, 2.75) is 45.1 Å². The van der Waals surface area contributed by atoms with Crippen LogP contribution >= 0.6 is 0 Å². The Morgan fingerprint density at radius 2 is 1.90 bits per heavy atom. The van der Waals surface area contributed by atoms with E-state index in [0.29, 0.717) is 29.4 Å². The van der Waals surface area contributed by atoms with Crippen LogP contribution in [0, 0.1) is 5.92 Å². The summed E-state index contributed by atoms with van der Waals surface area (Å²) in [5, 5.41) is 4.68. The van der Waals surface area contributed by atoms with Crippen molar-refractivity contribution in [2.75, 3.05) is 12.4 Å². The van der Waals surface area contributed by atoms with Gasteiger partial charge in [0.05, 0.1) is 12.8 Å². The third-order valence-electron chi connectivity index (χ3n) is 5.56. The number of ether oxygens (including phenoxy) is 2. The number of para-hydroxylation sites is 1. The summed E-state index contributed by atoms with van der Waals surface area (Å²) in [6, 6.07) is 11.3.